The molecule has 0 aliphatic rings. The van der Waals surface area contributed by atoms with Gasteiger partial charge < -0.3 is 5.32 Å². The Labute approximate surface area is 112 Å². The summed E-state index contributed by atoms with van der Waals surface area (Å²) >= 11 is 18.1. The molecule has 0 heterocycles. The van der Waals surface area contributed by atoms with Crippen molar-refractivity contribution < 1.29 is 0 Å². The van der Waals surface area contributed by atoms with Gasteiger partial charge in [-0.05, 0) is 31.5 Å². The summed E-state index contributed by atoms with van der Waals surface area (Å²) in [6, 6.07) is 5.54. The Balaban J connectivity index is 2.37. The van der Waals surface area contributed by atoms with Gasteiger partial charge in [0.1, 0.15) is 0 Å². The minimum Gasteiger partial charge on any atom is -0.313 e. The third-order valence-corrected chi connectivity index (χ3v) is 3.68. The van der Waals surface area contributed by atoms with E-state index in [1.54, 1.807) is 0 Å². The van der Waals surface area contributed by atoms with Gasteiger partial charge in [-0.3, -0.25) is 0 Å². The molecule has 0 fully saturated rings. The standard InChI is InChI=1S/C12H16Cl3N/c1-2-9(13)6-7-16-8-10-11(14)4-3-5-12(10)15/h3-5,9,16H,2,6-8H2,1H3. The summed E-state index contributed by atoms with van der Waals surface area (Å²) in [5.41, 5.74) is 0.952. The Hall–Kier alpha value is 0.0500. The molecule has 90 valence electrons. The number of benzene rings is 1. The van der Waals surface area contributed by atoms with E-state index in [1.165, 1.54) is 0 Å². The van der Waals surface area contributed by atoms with Gasteiger partial charge in [0.15, 0.2) is 0 Å². The van der Waals surface area contributed by atoms with Crippen LogP contribution >= 0.6 is 34.8 Å². The second-order valence-corrected chi connectivity index (χ2v) is 5.10. The molecule has 1 N–H and O–H groups in total. The average molecular weight is 281 g/mol. The van der Waals surface area contributed by atoms with Crippen LogP contribution < -0.4 is 5.32 Å². The van der Waals surface area contributed by atoms with Gasteiger partial charge in [0.25, 0.3) is 0 Å². The minimum absolute atomic E-state index is 0.245. The summed E-state index contributed by atoms with van der Waals surface area (Å²) in [5, 5.41) is 4.95. The smallest absolute Gasteiger partial charge is 0.0465 e. The van der Waals surface area contributed by atoms with E-state index in [4.69, 9.17) is 34.8 Å². The maximum absolute atomic E-state index is 6.05. The highest BCUT2D eigenvalue weighted by atomic mass is 35.5. The Morgan fingerprint density at radius 1 is 1.25 bits per heavy atom. The first kappa shape index (κ1) is 14.1. The number of nitrogens with one attached hydrogen (secondary N) is 1. The lowest BCUT2D eigenvalue weighted by atomic mass is 10.2. The van der Waals surface area contributed by atoms with Crippen molar-refractivity contribution in [2.24, 2.45) is 0 Å². The normalized spacial score (nSPS) is 12.8. The van der Waals surface area contributed by atoms with Gasteiger partial charge in [-0.25, -0.2) is 0 Å². The van der Waals surface area contributed by atoms with E-state index in [-0.39, 0.29) is 5.38 Å². The van der Waals surface area contributed by atoms with Crippen molar-refractivity contribution in [2.75, 3.05) is 6.54 Å². The highest BCUT2D eigenvalue weighted by Crippen LogP contribution is 2.23. The number of halogens is 3. The molecule has 1 rings (SSSR count). The predicted molar refractivity (Wildman–Crippen MR) is 72.7 cm³/mol. The van der Waals surface area contributed by atoms with Gasteiger partial charge in [-0.15, -0.1) is 11.6 Å². The molecule has 0 aliphatic heterocycles. The zero-order chi connectivity index (χ0) is 12.0. The van der Waals surface area contributed by atoms with Crippen LogP contribution in [0.25, 0.3) is 0 Å². The molecular weight excluding hydrogens is 264 g/mol. The SMILES string of the molecule is CCC(Cl)CCNCc1c(Cl)cccc1Cl. The van der Waals surface area contributed by atoms with E-state index in [9.17, 15) is 0 Å². The topological polar surface area (TPSA) is 12.0 Å². The van der Waals surface area contributed by atoms with Crippen LogP contribution in [-0.2, 0) is 6.54 Å². The fourth-order valence-corrected chi connectivity index (χ4v) is 2.02. The summed E-state index contributed by atoms with van der Waals surface area (Å²) in [4.78, 5) is 0. The molecule has 1 nitrogen and oxygen atoms in total. The van der Waals surface area contributed by atoms with Crippen molar-refractivity contribution in [3.05, 3.63) is 33.8 Å². The van der Waals surface area contributed by atoms with Crippen LogP contribution in [0.2, 0.25) is 10.0 Å². The molecule has 1 unspecified atom stereocenters. The van der Waals surface area contributed by atoms with Gasteiger partial charge in [0.2, 0.25) is 0 Å². The third-order valence-electron chi connectivity index (χ3n) is 2.44. The van der Waals surface area contributed by atoms with Crippen molar-refractivity contribution in [1.82, 2.24) is 5.32 Å². The quantitative estimate of drug-likeness (QED) is 0.598. The predicted octanol–water partition coefficient (Wildman–Crippen LogP) is 4.49. The summed E-state index contributed by atoms with van der Waals surface area (Å²) in [5.74, 6) is 0. The molecule has 1 aromatic carbocycles. The molecule has 0 saturated heterocycles. The van der Waals surface area contributed by atoms with Crippen molar-refractivity contribution >= 4 is 34.8 Å². The second kappa shape index (κ2) is 7.39. The lowest BCUT2D eigenvalue weighted by Gasteiger charge is -2.10. The highest BCUT2D eigenvalue weighted by molar-refractivity contribution is 6.35. The van der Waals surface area contributed by atoms with Gasteiger partial charge in [0, 0.05) is 27.5 Å². The summed E-state index contributed by atoms with van der Waals surface area (Å²) in [6.45, 7) is 3.65. The zero-order valence-electron chi connectivity index (χ0n) is 9.27. The first-order valence-corrected chi connectivity index (χ1v) is 6.62. The molecule has 0 aromatic heterocycles. The first-order valence-electron chi connectivity index (χ1n) is 5.42. The maximum Gasteiger partial charge on any atom is 0.0465 e. The molecule has 0 radical (unpaired) electrons. The lowest BCUT2D eigenvalue weighted by Crippen LogP contribution is -2.18. The fourth-order valence-electron chi connectivity index (χ4n) is 1.38. The van der Waals surface area contributed by atoms with Crippen LogP contribution in [0.15, 0.2) is 18.2 Å². The Bertz CT molecular complexity index is 308. The summed E-state index contributed by atoms with van der Waals surface area (Å²) < 4.78 is 0. The van der Waals surface area contributed by atoms with E-state index < -0.39 is 0 Å². The van der Waals surface area contributed by atoms with Crippen molar-refractivity contribution in [2.45, 2.75) is 31.7 Å². The lowest BCUT2D eigenvalue weighted by molar-refractivity contribution is 0.622. The van der Waals surface area contributed by atoms with Crippen LogP contribution in [0.5, 0.6) is 0 Å². The van der Waals surface area contributed by atoms with E-state index >= 15 is 0 Å². The van der Waals surface area contributed by atoms with Crippen molar-refractivity contribution in [3.8, 4) is 0 Å². The fraction of sp³-hybridized carbons (Fsp3) is 0.500. The zero-order valence-corrected chi connectivity index (χ0v) is 11.5. The Morgan fingerprint density at radius 2 is 1.88 bits per heavy atom. The molecule has 1 atom stereocenters. The average Bonchev–Trinajstić information content (AvgIpc) is 2.27. The van der Waals surface area contributed by atoms with Crippen LogP contribution in [0.3, 0.4) is 0 Å². The van der Waals surface area contributed by atoms with Crippen LogP contribution in [-0.4, -0.2) is 11.9 Å². The molecule has 4 heteroatoms. The summed E-state index contributed by atoms with van der Waals surface area (Å²) in [7, 11) is 0. The van der Waals surface area contributed by atoms with Crippen LogP contribution in [0.4, 0.5) is 0 Å². The summed E-state index contributed by atoms with van der Waals surface area (Å²) in [6.07, 6.45) is 1.95. The van der Waals surface area contributed by atoms with E-state index in [2.05, 4.69) is 12.2 Å². The molecule has 0 saturated carbocycles. The minimum atomic E-state index is 0.245. The highest BCUT2D eigenvalue weighted by Gasteiger charge is 2.05. The van der Waals surface area contributed by atoms with Crippen molar-refractivity contribution in [1.29, 1.82) is 0 Å². The molecular formula is C12H16Cl3N. The number of rotatable bonds is 6. The molecule has 0 bridgehead atoms. The van der Waals surface area contributed by atoms with Crippen LogP contribution in [0, 0.1) is 0 Å². The Morgan fingerprint density at radius 3 is 2.44 bits per heavy atom. The Kier molecular flexibility index (Phi) is 6.52. The molecule has 0 aliphatic carbocycles. The van der Waals surface area contributed by atoms with Gasteiger partial charge >= 0.3 is 0 Å². The first-order chi connectivity index (χ1) is 7.65. The van der Waals surface area contributed by atoms with Gasteiger partial charge in [-0.2, -0.15) is 0 Å². The molecule has 1 aromatic rings. The largest absolute Gasteiger partial charge is 0.313 e. The third kappa shape index (κ3) is 4.50. The van der Waals surface area contributed by atoms with Crippen molar-refractivity contribution in [3.63, 3.8) is 0 Å². The monoisotopic (exact) mass is 279 g/mol. The molecule has 0 spiro atoms. The van der Waals surface area contributed by atoms with E-state index in [1.807, 2.05) is 18.2 Å². The van der Waals surface area contributed by atoms with Crippen LogP contribution in [0.1, 0.15) is 25.3 Å². The molecule has 16 heavy (non-hydrogen) atoms. The van der Waals surface area contributed by atoms with Gasteiger partial charge in [0.05, 0.1) is 0 Å². The number of hydrogen-bond donors (Lipinski definition) is 1. The number of hydrogen-bond acceptors (Lipinski definition) is 1. The number of alkyl halides is 1. The molecule has 0 amide bonds. The van der Waals surface area contributed by atoms with E-state index in [0.717, 1.165) is 24.9 Å². The second-order valence-electron chi connectivity index (χ2n) is 3.67. The maximum atomic E-state index is 6.05. The van der Waals surface area contributed by atoms with E-state index in [0.29, 0.717) is 16.6 Å². The van der Waals surface area contributed by atoms with Gasteiger partial charge in [-0.1, -0.05) is 36.2 Å².